The summed E-state index contributed by atoms with van der Waals surface area (Å²) < 4.78 is 12.4. The number of benzene rings is 1. The predicted molar refractivity (Wildman–Crippen MR) is 96.8 cm³/mol. The van der Waals surface area contributed by atoms with Crippen molar-refractivity contribution in [3.63, 3.8) is 0 Å². The average Bonchev–Trinajstić information content (AvgIpc) is 3.04. The van der Waals surface area contributed by atoms with Gasteiger partial charge in [-0.15, -0.1) is 11.8 Å². The Bertz CT molecular complexity index is 787. The van der Waals surface area contributed by atoms with Crippen molar-refractivity contribution in [3.8, 4) is 17.0 Å². The summed E-state index contributed by atoms with van der Waals surface area (Å²) in [5, 5.41) is 5.63. The quantitative estimate of drug-likeness (QED) is 0.458. The van der Waals surface area contributed by atoms with Gasteiger partial charge in [-0.2, -0.15) is 5.10 Å². The first-order valence-corrected chi connectivity index (χ1v) is 9.00. The summed E-state index contributed by atoms with van der Waals surface area (Å²) in [5.41, 5.74) is 2.80. The molecular formula is C18H21N3O2S. The molecule has 0 fully saturated rings. The van der Waals surface area contributed by atoms with Gasteiger partial charge in [0.1, 0.15) is 17.4 Å². The van der Waals surface area contributed by atoms with Gasteiger partial charge in [-0.1, -0.05) is 6.92 Å². The highest BCUT2D eigenvalue weighted by Gasteiger charge is 2.07. The number of hydrogen-bond acceptors (Lipinski definition) is 5. The Morgan fingerprint density at radius 2 is 1.92 bits per heavy atom. The van der Waals surface area contributed by atoms with Crippen LogP contribution >= 0.6 is 11.8 Å². The minimum atomic E-state index is 0.548. The zero-order valence-corrected chi connectivity index (χ0v) is 14.8. The van der Waals surface area contributed by atoms with Crippen LogP contribution in [0.15, 0.2) is 47.6 Å². The van der Waals surface area contributed by atoms with Crippen molar-refractivity contribution in [1.29, 1.82) is 0 Å². The summed E-state index contributed by atoms with van der Waals surface area (Å²) in [6.07, 6.45) is 3.10. The molecule has 5 nitrogen and oxygen atoms in total. The fourth-order valence-corrected chi connectivity index (χ4v) is 2.98. The van der Waals surface area contributed by atoms with Crippen molar-refractivity contribution in [1.82, 2.24) is 14.6 Å². The van der Waals surface area contributed by atoms with E-state index in [4.69, 9.17) is 9.47 Å². The highest BCUT2D eigenvalue weighted by molar-refractivity contribution is 7.99. The SMILES string of the molecule is CCCSc1ccc2nc(-c3ccc(OCCOC)cc3)cn2n1. The highest BCUT2D eigenvalue weighted by atomic mass is 32.2. The first-order valence-electron chi connectivity index (χ1n) is 8.01. The largest absolute Gasteiger partial charge is 0.491 e. The molecule has 6 heteroatoms. The molecule has 3 rings (SSSR count). The summed E-state index contributed by atoms with van der Waals surface area (Å²) in [6.45, 7) is 3.30. The molecule has 126 valence electrons. The second-order valence-electron chi connectivity index (χ2n) is 5.31. The number of hydrogen-bond donors (Lipinski definition) is 0. The molecular weight excluding hydrogens is 322 g/mol. The van der Waals surface area contributed by atoms with E-state index in [0.717, 1.165) is 39.9 Å². The lowest BCUT2D eigenvalue weighted by molar-refractivity contribution is 0.146. The summed E-state index contributed by atoms with van der Waals surface area (Å²) in [5.74, 6) is 1.90. The van der Waals surface area contributed by atoms with Gasteiger partial charge < -0.3 is 9.47 Å². The van der Waals surface area contributed by atoms with Crippen LogP contribution in [0.1, 0.15) is 13.3 Å². The van der Waals surface area contributed by atoms with E-state index in [2.05, 4.69) is 17.0 Å². The van der Waals surface area contributed by atoms with Crippen molar-refractivity contribution >= 4 is 17.4 Å². The van der Waals surface area contributed by atoms with E-state index in [1.165, 1.54) is 0 Å². The molecule has 0 aliphatic rings. The summed E-state index contributed by atoms with van der Waals surface area (Å²) in [4.78, 5) is 4.64. The predicted octanol–water partition coefficient (Wildman–Crippen LogP) is 3.92. The Morgan fingerprint density at radius 3 is 2.67 bits per heavy atom. The van der Waals surface area contributed by atoms with Gasteiger partial charge in [0.2, 0.25) is 0 Å². The number of thioether (sulfide) groups is 1. The van der Waals surface area contributed by atoms with Crippen LogP contribution in [0, 0.1) is 0 Å². The zero-order valence-electron chi connectivity index (χ0n) is 13.9. The molecule has 1 aromatic carbocycles. The van der Waals surface area contributed by atoms with Crippen LogP contribution in [0.4, 0.5) is 0 Å². The minimum Gasteiger partial charge on any atom is -0.491 e. The number of fused-ring (bicyclic) bond motifs is 1. The van der Waals surface area contributed by atoms with E-state index in [9.17, 15) is 0 Å². The van der Waals surface area contributed by atoms with Crippen LogP contribution in [0.5, 0.6) is 5.75 Å². The number of nitrogens with zero attached hydrogens (tertiary/aromatic N) is 3. The molecule has 24 heavy (non-hydrogen) atoms. The van der Waals surface area contributed by atoms with Gasteiger partial charge in [0, 0.05) is 12.7 Å². The molecule has 3 aromatic rings. The normalized spacial score (nSPS) is 11.1. The van der Waals surface area contributed by atoms with E-state index in [-0.39, 0.29) is 0 Å². The molecule has 0 radical (unpaired) electrons. The smallest absolute Gasteiger partial charge is 0.154 e. The van der Waals surface area contributed by atoms with Gasteiger partial charge in [-0.05, 0) is 48.6 Å². The molecule has 0 atom stereocenters. The van der Waals surface area contributed by atoms with Crippen molar-refractivity contribution in [2.24, 2.45) is 0 Å². The Kier molecular flexibility index (Phi) is 5.72. The maximum absolute atomic E-state index is 5.58. The van der Waals surface area contributed by atoms with E-state index >= 15 is 0 Å². The number of imidazole rings is 1. The number of rotatable bonds is 8. The highest BCUT2D eigenvalue weighted by Crippen LogP contribution is 2.23. The lowest BCUT2D eigenvalue weighted by atomic mass is 10.2. The van der Waals surface area contributed by atoms with Gasteiger partial charge in [-0.3, -0.25) is 0 Å². The summed E-state index contributed by atoms with van der Waals surface area (Å²) in [7, 11) is 1.66. The molecule has 0 bridgehead atoms. The number of aromatic nitrogens is 3. The molecule has 0 aliphatic heterocycles. The molecule has 2 aromatic heterocycles. The van der Waals surface area contributed by atoms with Gasteiger partial charge in [0.15, 0.2) is 5.65 Å². The van der Waals surface area contributed by atoms with E-state index in [1.54, 1.807) is 18.9 Å². The van der Waals surface area contributed by atoms with Crippen LogP contribution in [0.3, 0.4) is 0 Å². The van der Waals surface area contributed by atoms with E-state index in [1.807, 2.05) is 47.1 Å². The lowest BCUT2D eigenvalue weighted by Gasteiger charge is -2.05. The first kappa shape index (κ1) is 16.8. The second-order valence-corrected chi connectivity index (χ2v) is 6.43. The third-order valence-electron chi connectivity index (χ3n) is 3.46. The molecule has 0 saturated heterocycles. The Balaban J connectivity index is 1.76. The van der Waals surface area contributed by atoms with Crippen molar-refractivity contribution in [3.05, 3.63) is 42.6 Å². The third kappa shape index (κ3) is 4.07. The lowest BCUT2D eigenvalue weighted by Crippen LogP contribution is -2.03. The molecule has 0 spiro atoms. The van der Waals surface area contributed by atoms with Crippen LogP contribution in [-0.4, -0.2) is 40.7 Å². The molecule has 0 amide bonds. The maximum Gasteiger partial charge on any atom is 0.154 e. The molecule has 0 N–H and O–H groups in total. The van der Waals surface area contributed by atoms with Gasteiger partial charge in [-0.25, -0.2) is 9.50 Å². The van der Waals surface area contributed by atoms with E-state index < -0.39 is 0 Å². The maximum atomic E-state index is 5.58. The number of ether oxygens (including phenoxy) is 2. The average molecular weight is 343 g/mol. The first-order chi connectivity index (χ1) is 11.8. The molecule has 0 aliphatic carbocycles. The Hall–Kier alpha value is -2.05. The molecule has 2 heterocycles. The standard InChI is InChI=1S/C18H21N3O2S/c1-3-12-24-18-9-8-17-19-16(13-21(17)20-18)14-4-6-15(7-5-14)23-11-10-22-2/h4-9,13H,3,10-12H2,1-2H3. The van der Waals surface area contributed by atoms with Crippen molar-refractivity contribution in [2.75, 3.05) is 26.1 Å². The van der Waals surface area contributed by atoms with Crippen molar-refractivity contribution < 1.29 is 9.47 Å². The van der Waals surface area contributed by atoms with Crippen molar-refractivity contribution in [2.45, 2.75) is 18.4 Å². The van der Waals surface area contributed by atoms with Gasteiger partial charge >= 0.3 is 0 Å². The monoisotopic (exact) mass is 343 g/mol. The van der Waals surface area contributed by atoms with E-state index in [0.29, 0.717) is 13.2 Å². The third-order valence-corrected chi connectivity index (χ3v) is 4.58. The number of methoxy groups -OCH3 is 1. The molecule has 0 unspecified atom stereocenters. The fraction of sp³-hybridized carbons (Fsp3) is 0.333. The van der Waals surface area contributed by atoms with Gasteiger partial charge in [0.05, 0.1) is 18.5 Å². The summed E-state index contributed by atoms with van der Waals surface area (Å²) >= 11 is 1.77. The van der Waals surface area contributed by atoms with Crippen LogP contribution in [0.2, 0.25) is 0 Å². The van der Waals surface area contributed by atoms with Crippen LogP contribution < -0.4 is 4.74 Å². The topological polar surface area (TPSA) is 48.7 Å². The Morgan fingerprint density at radius 1 is 1.08 bits per heavy atom. The fourth-order valence-electron chi connectivity index (χ4n) is 2.25. The van der Waals surface area contributed by atoms with Crippen LogP contribution in [0.25, 0.3) is 16.9 Å². The van der Waals surface area contributed by atoms with Crippen LogP contribution in [-0.2, 0) is 4.74 Å². The minimum absolute atomic E-state index is 0.548. The second kappa shape index (κ2) is 8.17. The zero-order chi connectivity index (χ0) is 16.8. The van der Waals surface area contributed by atoms with Gasteiger partial charge in [0.25, 0.3) is 0 Å². The molecule has 0 saturated carbocycles. The Labute approximate surface area is 146 Å². The summed E-state index contributed by atoms with van der Waals surface area (Å²) in [6, 6.07) is 12.0.